The highest BCUT2D eigenvalue weighted by molar-refractivity contribution is 6.36. The van der Waals surface area contributed by atoms with E-state index in [-0.39, 0.29) is 28.6 Å². The van der Waals surface area contributed by atoms with Gasteiger partial charge < -0.3 is 30.4 Å². The molecule has 3 aromatic carbocycles. The van der Waals surface area contributed by atoms with Crippen molar-refractivity contribution in [3.05, 3.63) is 106 Å². The standard InChI is InChI=1S/C19H20N2O5.C9H6Cl2O3/c22-17(23)12-20-18(24)16(11-14-7-3-1-4-8-14)21-19(25)26-13-15-9-5-2-6-10-15;10-6-2-1-3-7(11)8(6)5(4-12)9(13)14/h1-10,16H,11-13H2,(H,20,24)(H,21,25)(H,22,23);1-5H,(H,13,14)/t16-;/m0./s1. The number of nitrogens with one attached hydrogen (secondary N) is 2. The molecule has 0 aliphatic heterocycles. The minimum atomic E-state index is -1.31. The van der Waals surface area contributed by atoms with E-state index < -0.39 is 42.4 Å². The fraction of sp³-hybridized carbons (Fsp3) is 0.179. The molecule has 0 radical (unpaired) electrons. The smallest absolute Gasteiger partial charge is 0.408 e. The first-order valence-electron chi connectivity index (χ1n) is 11.7. The molecule has 1 unspecified atom stereocenters. The van der Waals surface area contributed by atoms with Crippen molar-refractivity contribution in [1.29, 1.82) is 0 Å². The molecule has 0 fully saturated rings. The number of benzene rings is 3. The first-order chi connectivity index (χ1) is 19.1. The van der Waals surface area contributed by atoms with Crippen LogP contribution in [0.1, 0.15) is 22.6 Å². The summed E-state index contributed by atoms with van der Waals surface area (Å²) in [5.74, 6) is -4.33. The van der Waals surface area contributed by atoms with E-state index in [0.29, 0.717) is 6.29 Å². The molecule has 0 aliphatic carbocycles. The Morgan fingerprint density at radius 2 is 1.38 bits per heavy atom. The molecule has 3 rings (SSSR count). The van der Waals surface area contributed by atoms with Gasteiger partial charge in [0, 0.05) is 22.0 Å². The summed E-state index contributed by atoms with van der Waals surface area (Å²) >= 11 is 11.5. The van der Waals surface area contributed by atoms with E-state index in [1.807, 2.05) is 60.7 Å². The number of carboxylic acid groups (broad SMARTS) is 2. The molecule has 3 aromatic rings. The molecule has 10 nitrogen and oxygen atoms in total. The maximum Gasteiger partial charge on any atom is 0.408 e. The van der Waals surface area contributed by atoms with Crippen LogP contribution < -0.4 is 10.6 Å². The number of aliphatic carboxylic acids is 2. The van der Waals surface area contributed by atoms with E-state index in [0.717, 1.165) is 11.1 Å². The Hall–Kier alpha value is -4.41. The highest BCUT2D eigenvalue weighted by Crippen LogP contribution is 2.30. The van der Waals surface area contributed by atoms with Gasteiger partial charge in [-0.25, -0.2) is 4.79 Å². The van der Waals surface area contributed by atoms with Gasteiger partial charge in [0.1, 0.15) is 31.4 Å². The highest BCUT2D eigenvalue weighted by Gasteiger charge is 2.24. The predicted octanol–water partition coefficient (Wildman–Crippen LogP) is 4.09. The van der Waals surface area contributed by atoms with Crippen molar-refractivity contribution in [2.45, 2.75) is 25.0 Å². The van der Waals surface area contributed by atoms with Crippen LogP contribution in [0, 0.1) is 0 Å². The van der Waals surface area contributed by atoms with Crippen LogP contribution in [0.2, 0.25) is 10.0 Å². The SMILES string of the molecule is O=C(O)CNC(=O)[C@H](Cc1ccccc1)NC(=O)OCc1ccccc1.O=CC(C(=O)O)c1c(Cl)cccc1Cl. The number of rotatable bonds is 11. The third-order valence-electron chi connectivity index (χ3n) is 5.23. The Morgan fingerprint density at radius 1 is 0.825 bits per heavy atom. The monoisotopic (exact) mass is 588 g/mol. The molecule has 4 N–H and O–H groups in total. The van der Waals surface area contributed by atoms with Gasteiger partial charge in [0.25, 0.3) is 0 Å². The van der Waals surface area contributed by atoms with Crippen molar-refractivity contribution in [2.24, 2.45) is 0 Å². The van der Waals surface area contributed by atoms with Gasteiger partial charge in [0.2, 0.25) is 5.91 Å². The van der Waals surface area contributed by atoms with E-state index in [1.165, 1.54) is 12.1 Å². The van der Waals surface area contributed by atoms with Gasteiger partial charge in [-0.05, 0) is 23.3 Å². The van der Waals surface area contributed by atoms with Gasteiger partial charge in [-0.2, -0.15) is 0 Å². The Labute approximate surface area is 239 Å². The number of carboxylic acids is 2. The van der Waals surface area contributed by atoms with E-state index in [2.05, 4.69) is 10.6 Å². The van der Waals surface area contributed by atoms with Crippen LogP contribution in [0.3, 0.4) is 0 Å². The van der Waals surface area contributed by atoms with Crippen molar-refractivity contribution in [3.63, 3.8) is 0 Å². The second kappa shape index (κ2) is 16.5. The molecule has 2 atom stereocenters. The maximum atomic E-state index is 12.2. The summed E-state index contributed by atoms with van der Waals surface area (Å²) < 4.78 is 5.13. The average molecular weight is 589 g/mol. The first kappa shape index (κ1) is 31.8. The normalized spacial score (nSPS) is 11.6. The lowest BCUT2D eigenvalue weighted by molar-refractivity contribution is -0.140. The lowest BCUT2D eigenvalue weighted by Crippen LogP contribution is -2.49. The lowest BCUT2D eigenvalue weighted by atomic mass is 10.0. The molecule has 2 amide bonds. The fourth-order valence-electron chi connectivity index (χ4n) is 3.31. The molecule has 0 saturated heterocycles. The van der Waals surface area contributed by atoms with E-state index in [4.69, 9.17) is 38.2 Å². The fourth-order valence-corrected chi connectivity index (χ4v) is 3.94. The van der Waals surface area contributed by atoms with Crippen molar-refractivity contribution in [3.8, 4) is 0 Å². The van der Waals surface area contributed by atoms with Gasteiger partial charge in [-0.1, -0.05) is 89.9 Å². The number of ether oxygens (including phenoxy) is 1. The largest absolute Gasteiger partial charge is 0.480 e. The molecule has 0 aromatic heterocycles. The molecule has 12 heteroatoms. The minimum Gasteiger partial charge on any atom is -0.480 e. The summed E-state index contributed by atoms with van der Waals surface area (Å²) in [5, 5.41) is 22.5. The van der Waals surface area contributed by atoms with Crippen molar-refractivity contribution < 1.29 is 38.9 Å². The third kappa shape index (κ3) is 10.8. The zero-order chi connectivity index (χ0) is 29.5. The zero-order valence-electron chi connectivity index (χ0n) is 21.0. The van der Waals surface area contributed by atoms with E-state index >= 15 is 0 Å². The van der Waals surface area contributed by atoms with Crippen LogP contribution >= 0.6 is 23.2 Å². The molecule has 0 aliphatic rings. The van der Waals surface area contributed by atoms with Gasteiger partial charge in [-0.15, -0.1) is 0 Å². The number of hydrogen-bond acceptors (Lipinski definition) is 6. The Kier molecular flexibility index (Phi) is 13.1. The Bertz CT molecular complexity index is 1290. The number of carbonyl (C=O) groups excluding carboxylic acids is 3. The van der Waals surface area contributed by atoms with Crippen LogP contribution in [-0.2, 0) is 36.9 Å². The number of carbonyl (C=O) groups is 5. The molecule has 0 heterocycles. The van der Waals surface area contributed by atoms with Gasteiger partial charge in [0.15, 0.2) is 0 Å². The molecule has 210 valence electrons. The zero-order valence-corrected chi connectivity index (χ0v) is 22.5. The molecular weight excluding hydrogens is 563 g/mol. The second-order valence-corrected chi connectivity index (χ2v) is 8.96. The van der Waals surface area contributed by atoms with Crippen molar-refractivity contribution in [2.75, 3.05) is 6.54 Å². The lowest BCUT2D eigenvalue weighted by Gasteiger charge is -2.18. The van der Waals surface area contributed by atoms with Crippen LogP contribution in [0.15, 0.2) is 78.9 Å². The topological polar surface area (TPSA) is 159 Å². The molecule has 40 heavy (non-hydrogen) atoms. The van der Waals surface area contributed by atoms with Crippen LogP contribution in [0.5, 0.6) is 0 Å². The first-order valence-corrected chi connectivity index (χ1v) is 12.5. The number of alkyl carbamates (subject to hydrolysis) is 1. The van der Waals surface area contributed by atoms with E-state index in [9.17, 15) is 24.0 Å². The molecule has 0 bridgehead atoms. The Morgan fingerprint density at radius 3 is 1.88 bits per heavy atom. The van der Waals surface area contributed by atoms with Crippen LogP contribution in [-0.4, -0.2) is 53.0 Å². The van der Waals surface area contributed by atoms with Gasteiger partial charge in [-0.3, -0.25) is 14.4 Å². The summed E-state index contributed by atoms with van der Waals surface area (Å²) in [7, 11) is 0. The summed E-state index contributed by atoms with van der Waals surface area (Å²) in [6.07, 6.45) is -0.234. The quantitative estimate of drug-likeness (QED) is 0.192. The number of hydrogen-bond donors (Lipinski definition) is 4. The van der Waals surface area contributed by atoms with Gasteiger partial charge >= 0.3 is 18.0 Å². The summed E-state index contributed by atoms with van der Waals surface area (Å²) in [4.78, 5) is 56.1. The number of aldehydes is 1. The summed E-state index contributed by atoms with van der Waals surface area (Å²) in [5.41, 5.74) is 1.78. The minimum absolute atomic E-state index is 0.0709. The van der Waals surface area contributed by atoms with Gasteiger partial charge in [0.05, 0.1) is 0 Å². The van der Waals surface area contributed by atoms with Crippen molar-refractivity contribution in [1.82, 2.24) is 10.6 Å². The van der Waals surface area contributed by atoms with Crippen molar-refractivity contribution >= 4 is 53.4 Å². The van der Waals surface area contributed by atoms with E-state index in [1.54, 1.807) is 6.07 Å². The Balaban J connectivity index is 0.000000337. The summed E-state index contributed by atoms with van der Waals surface area (Å²) in [6, 6.07) is 21.8. The molecule has 0 spiro atoms. The maximum absolute atomic E-state index is 12.2. The highest BCUT2D eigenvalue weighted by atomic mass is 35.5. The van der Waals surface area contributed by atoms with Crippen LogP contribution in [0.4, 0.5) is 4.79 Å². The second-order valence-electron chi connectivity index (χ2n) is 8.15. The molecule has 0 saturated carbocycles. The predicted molar refractivity (Wildman–Crippen MR) is 147 cm³/mol. The number of amides is 2. The number of halogens is 2. The van der Waals surface area contributed by atoms with Crippen LogP contribution in [0.25, 0.3) is 0 Å². The molecular formula is C28H26Cl2N2O8. The summed E-state index contributed by atoms with van der Waals surface area (Å²) in [6.45, 7) is -0.452. The third-order valence-corrected chi connectivity index (χ3v) is 5.89. The average Bonchev–Trinajstić information content (AvgIpc) is 2.93.